The van der Waals surface area contributed by atoms with Crippen molar-refractivity contribution in [2.24, 2.45) is 0 Å². The average molecular weight is 393 g/mol. The van der Waals surface area contributed by atoms with E-state index in [4.69, 9.17) is 4.98 Å². The number of nitro groups is 1. The van der Waals surface area contributed by atoms with Crippen molar-refractivity contribution in [1.82, 2.24) is 24.7 Å². The van der Waals surface area contributed by atoms with Crippen LogP contribution in [0, 0.1) is 17.0 Å². The SMILES string of the molecule is CCn1cnnc1C1CCCN(c2cc(C)nc(-c3cccc([N+](=O)[O-])c3)n2)C1. The Hall–Kier alpha value is -3.36. The van der Waals surface area contributed by atoms with Crippen LogP contribution in [0.5, 0.6) is 0 Å². The molecular formula is C20H23N7O2. The number of hydrogen-bond acceptors (Lipinski definition) is 7. The van der Waals surface area contributed by atoms with Gasteiger partial charge in [0, 0.05) is 55.0 Å². The minimum Gasteiger partial charge on any atom is -0.356 e. The summed E-state index contributed by atoms with van der Waals surface area (Å²) in [5.74, 6) is 2.65. The van der Waals surface area contributed by atoms with Crippen molar-refractivity contribution in [2.45, 2.75) is 39.2 Å². The fourth-order valence-corrected chi connectivity index (χ4v) is 3.82. The van der Waals surface area contributed by atoms with Gasteiger partial charge >= 0.3 is 0 Å². The number of rotatable bonds is 5. The molecule has 0 N–H and O–H groups in total. The van der Waals surface area contributed by atoms with Gasteiger partial charge in [-0.2, -0.15) is 0 Å². The molecule has 0 radical (unpaired) electrons. The van der Waals surface area contributed by atoms with Gasteiger partial charge in [0.15, 0.2) is 5.82 Å². The number of aromatic nitrogens is 5. The van der Waals surface area contributed by atoms with E-state index < -0.39 is 4.92 Å². The highest BCUT2D eigenvalue weighted by Gasteiger charge is 2.26. The number of benzene rings is 1. The lowest BCUT2D eigenvalue weighted by molar-refractivity contribution is -0.384. The maximum Gasteiger partial charge on any atom is 0.270 e. The van der Waals surface area contributed by atoms with Crippen LogP contribution in [-0.4, -0.2) is 42.7 Å². The van der Waals surface area contributed by atoms with Crippen molar-refractivity contribution in [1.29, 1.82) is 0 Å². The molecule has 1 atom stereocenters. The predicted octanol–water partition coefficient (Wildman–Crippen LogP) is 3.36. The first-order chi connectivity index (χ1) is 14.0. The maximum absolute atomic E-state index is 11.1. The normalized spacial score (nSPS) is 16.8. The van der Waals surface area contributed by atoms with Crippen LogP contribution in [-0.2, 0) is 6.54 Å². The van der Waals surface area contributed by atoms with Crippen molar-refractivity contribution >= 4 is 11.5 Å². The van der Waals surface area contributed by atoms with Gasteiger partial charge in [0.05, 0.1) is 4.92 Å². The van der Waals surface area contributed by atoms with Crippen molar-refractivity contribution in [3.63, 3.8) is 0 Å². The van der Waals surface area contributed by atoms with E-state index in [0.717, 1.165) is 49.8 Å². The lowest BCUT2D eigenvalue weighted by Gasteiger charge is -2.33. The Balaban J connectivity index is 1.63. The third-order valence-electron chi connectivity index (χ3n) is 5.25. The van der Waals surface area contributed by atoms with Crippen molar-refractivity contribution in [3.8, 4) is 11.4 Å². The molecule has 0 saturated carbocycles. The number of aryl methyl sites for hydroxylation is 2. The summed E-state index contributed by atoms with van der Waals surface area (Å²) in [6.45, 7) is 6.57. The average Bonchev–Trinajstić information content (AvgIpc) is 3.22. The van der Waals surface area contributed by atoms with E-state index >= 15 is 0 Å². The van der Waals surface area contributed by atoms with Crippen molar-refractivity contribution < 1.29 is 4.92 Å². The largest absolute Gasteiger partial charge is 0.356 e. The summed E-state index contributed by atoms with van der Waals surface area (Å²) < 4.78 is 2.09. The molecular weight excluding hydrogens is 370 g/mol. The first kappa shape index (κ1) is 19.0. The van der Waals surface area contributed by atoms with Crippen LogP contribution in [0.2, 0.25) is 0 Å². The molecule has 3 heterocycles. The van der Waals surface area contributed by atoms with Gasteiger partial charge in [0.25, 0.3) is 5.69 Å². The quantitative estimate of drug-likeness (QED) is 0.484. The van der Waals surface area contributed by atoms with Gasteiger partial charge in [0.2, 0.25) is 0 Å². The monoisotopic (exact) mass is 393 g/mol. The van der Waals surface area contributed by atoms with E-state index in [1.807, 2.05) is 13.0 Å². The molecule has 0 aliphatic carbocycles. The first-order valence-corrected chi connectivity index (χ1v) is 9.78. The number of hydrogen-bond donors (Lipinski definition) is 0. The molecule has 150 valence electrons. The molecule has 1 fully saturated rings. The molecule has 1 aliphatic heterocycles. The van der Waals surface area contributed by atoms with Gasteiger partial charge in [-0.1, -0.05) is 12.1 Å². The summed E-state index contributed by atoms with van der Waals surface area (Å²) in [6.07, 6.45) is 3.89. The highest BCUT2D eigenvalue weighted by Crippen LogP contribution is 2.30. The second kappa shape index (κ2) is 7.94. The molecule has 1 aromatic carbocycles. The molecule has 1 saturated heterocycles. The Morgan fingerprint density at radius 1 is 1.28 bits per heavy atom. The third kappa shape index (κ3) is 3.94. The van der Waals surface area contributed by atoms with Crippen molar-refractivity contribution in [2.75, 3.05) is 18.0 Å². The molecule has 1 aliphatic rings. The van der Waals surface area contributed by atoms with Gasteiger partial charge in [0.1, 0.15) is 18.0 Å². The van der Waals surface area contributed by atoms with Gasteiger partial charge in [-0.3, -0.25) is 10.1 Å². The summed E-state index contributed by atoms with van der Waals surface area (Å²) in [6, 6.07) is 8.41. The van der Waals surface area contributed by atoms with Gasteiger partial charge in [-0.15, -0.1) is 10.2 Å². The molecule has 4 rings (SSSR count). The Morgan fingerprint density at radius 3 is 2.93 bits per heavy atom. The first-order valence-electron chi connectivity index (χ1n) is 9.78. The maximum atomic E-state index is 11.1. The second-order valence-electron chi connectivity index (χ2n) is 7.26. The molecule has 9 nitrogen and oxygen atoms in total. The van der Waals surface area contributed by atoms with E-state index in [1.54, 1.807) is 18.5 Å². The number of nitrogens with zero attached hydrogens (tertiary/aromatic N) is 7. The Bertz CT molecular complexity index is 1030. The summed E-state index contributed by atoms with van der Waals surface area (Å²) in [5, 5.41) is 19.5. The van der Waals surface area contributed by atoms with E-state index in [-0.39, 0.29) is 5.69 Å². The zero-order valence-corrected chi connectivity index (χ0v) is 16.5. The lowest BCUT2D eigenvalue weighted by atomic mass is 9.97. The summed E-state index contributed by atoms with van der Waals surface area (Å²) >= 11 is 0. The smallest absolute Gasteiger partial charge is 0.270 e. The number of nitro benzene ring substituents is 1. The van der Waals surface area contributed by atoms with Gasteiger partial charge in [-0.05, 0) is 26.7 Å². The molecule has 3 aromatic rings. The van der Waals surface area contributed by atoms with E-state index in [2.05, 4.69) is 31.6 Å². The highest BCUT2D eigenvalue weighted by atomic mass is 16.6. The van der Waals surface area contributed by atoms with E-state index in [1.165, 1.54) is 12.1 Å². The molecule has 29 heavy (non-hydrogen) atoms. The fraction of sp³-hybridized carbons (Fsp3) is 0.400. The zero-order valence-electron chi connectivity index (χ0n) is 16.5. The number of anilines is 1. The summed E-state index contributed by atoms with van der Waals surface area (Å²) in [5.41, 5.74) is 1.50. The Labute approximate surface area is 168 Å². The van der Waals surface area contributed by atoms with Gasteiger partial charge in [-0.25, -0.2) is 9.97 Å². The van der Waals surface area contributed by atoms with Crippen molar-refractivity contribution in [3.05, 3.63) is 58.3 Å². The minimum absolute atomic E-state index is 0.0334. The predicted molar refractivity (Wildman–Crippen MR) is 109 cm³/mol. The van der Waals surface area contributed by atoms with Crippen LogP contribution in [0.1, 0.15) is 37.2 Å². The summed E-state index contributed by atoms with van der Waals surface area (Å²) in [7, 11) is 0. The summed E-state index contributed by atoms with van der Waals surface area (Å²) in [4.78, 5) is 22.2. The number of piperidine rings is 1. The molecule has 0 spiro atoms. The second-order valence-corrected chi connectivity index (χ2v) is 7.26. The molecule has 9 heteroatoms. The molecule has 2 aromatic heterocycles. The molecule has 0 amide bonds. The van der Waals surface area contributed by atoms with E-state index in [9.17, 15) is 10.1 Å². The fourth-order valence-electron chi connectivity index (χ4n) is 3.82. The lowest BCUT2D eigenvalue weighted by Crippen LogP contribution is -2.36. The zero-order chi connectivity index (χ0) is 20.4. The topological polar surface area (TPSA) is 103 Å². The minimum atomic E-state index is -0.403. The van der Waals surface area contributed by atoms with Crippen LogP contribution in [0.3, 0.4) is 0 Å². The van der Waals surface area contributed by atoms with Crippen LogP contribution in [0.4, 0.5) is 11.5 Å². The Kier molecular flexibility index (Phi) is 5.20. The van der Waals surface area contributed by atoms with E-state index in [0.29, 0.717) is 17.3 Å². The van der Waals surface area contributed by atoms with Crippen LogP contribution in [0.25, 0.3) is 11.4 Å². The Morgan fingerprint density at radius 2 is 2.14 bits per heavy atom. The highest BCUT2D eigenvalue weighted by molar-refractivity contribution is 5.61. The third-order valence-corrected chi connectivity index (χ3v) is 5.25. The van der Waals surface area contributed by atoms with Crippen LogP contribution < -0.4 is 4.90 Å². The van der Waals surface area contributed by atoms with Crippen LogP contribution >= 0.6 is 0 Å². The van der Waals surface area contributed by atoms with Crippen LogP contribution in [0.15, 0.2) is 36.7 Å². The molecule has 0 bridgehead atoms. The molecule has 1 unspecified atom stereocenters. The standard InChI is InChI=1S/C20H23N7O2/c1-3-25-13-21-24-20(25)16-7-5-9-26(12-16)18-10-14(2)22-19(23-18)15-6-4-8-17(11-15)27(28)29/h4,6,8,10-11,13,16H,3,5,7,9,12H2,1-2H3. The van der Waals surface area contributed by atoms with Gasteiger partial charge < -0.3 is 9.47 Å². The number of non-ortho nitro benzene ring substituents is 1.